The minimum absolute atomic E-state index is 0.437. The Morgan fingerprint density at radius 3 is 2.52 bits per heavy atom. The molecule has 2 aliphatic rings. The van der Waals surface area contributed by atoms with Gasteiger partial charge in [0.15, 0.2) is 11.6 Å². The summed E-state index contributed by atoms with van der Waals surface area (Å²) in [7, 11) is 0. The van der Waals surface area contributed by atoms with Crippen LogP contribution in [0.25, 0.3) is 11.0 Å². The van der Waals surface area contributed by atoms with Crippen molar-refractivity contribution >= 4 is 22.7 Å². The van der Waals surface area contributed by atoms with E-state index in [-0.39, 0.29) is 0 Å². The maximum Gasteiger partial charge on any atom is 0.172 e. The molecule has 1 saturated carbocycles. The molecule has 8 heteroatoms. The molecule has 0 amide bonds. The quantitative estimate of drug-likeness (QED) is 0.679. The van der Waals surface area contributed by atoms with Crippen molar-refractivity contribution in [1.82, 2.24) is 14.9 Å². The van der Waals surface area contributed by atoms with E-state index in [1.54, 1.807) is 12.1 Å². The van der Waals surface area contributed by atoms with E-state index in [0.29, 0.717) is 29.2 Å². The minimum atomic E-state index is -0.559. The first-order valence-corrected chi connectivity index (χ1v) is 10.5. The van der Waals surface area contributed by atoms with Crippen LogP contribution in [-0.2, 0) is 6.54 Å². The van der Waals surface area contributed by atoms with Gasteiger partial charge in [-0.2, -0.15) is 5.26 Å². The summed E-state index contributed by atoms with van der Waals surface area (Å²) in [6.45, 7) is 3.36. The topological polar surface area (TPSA) is 68.1 Å². The number of rotatable bonds is 5. The SMILES string of the molecule is N#Cc1ccc2nc(NC3CC3)c(N3CCN(Cc4ccc(F)cc4F)CC3)nc2c1. The number of benzene rings is 2. The van der Waals surface area contributed by atoms with Gasteiger partial charge in [-0.25, -0.2) is 18.7 Å². The molecular formula is C23H22F2N6. The second-order valence-electron chi connectivity index (χ2n) is 8.13. The van der Waals surface area contributed by atoms with Crippen molar-refractivity contribution in [2.45, 2.75) is 25.4 Å². The van der Waals surface area contributed by atoms with Gasteiger partial charge in [0.25, 0.3) is 0 Å². The lowest BCUT2D eigenvalue weighted by molar-refractivity contribution is 0.246. The molecule has 0 spiro atoms. The normalized spacial score (nSPS) is 17.0. The number of nitrogens with one attached hydrogen (secondary N) is 1. The summed E-state index contributed by atoms with van der Waals surface area (Å²) in [5.41, 5.74) is 2.52. The van der Waals surface area contributed by atoms with Gasteiger partial charge < -0.3 is 10.2 Å². The molecule has 2 fully saturated rings. The average Bonchev–Trinajstić information content (AvgIpc) is 3.59. The average molecular weight is 420 g/mol. The van der Waals surface area contributed by atoms with Crippen LogP contribution >= 0.6 is 0 Å². The van der Waals surface area contributed by atoms with Crippen LogP contribution in [-0.4, -0.2) is 47.1 Å². The molecule has 2 aromatic carbocycles. The molecule has 31 heavy (non-hydrogen) atoms. The van der Waals surface area contributed by atoms with Crippen LogP contribution in [0.3, 0.4) is 0 Å². The third-order valence-corrected chi connectivity index (χ3v) is 5.77. The summed E-state index contributed by atoms with van der Waals surface area (Å²) in [5, 5.41) is 12.7. The molecule has 1 aliphatic carbocycles. The first-order valence-electron chi connectivity index (χ1n) is 10.5. The van der Waals surface area contributed by atoms with E-state index in [0.717, 1.165) is 62.2 Å². The highest BCUT2D eigenvalue weighted by atomic mass is 19.1. The zero-order valence-corrected chi connectivity index (χ0v) is 17.0. The smallest absolute Gasteiger partial charge is 0.172 e. The lowest BCUT2D eigenvalue weighted by Crippen LogP contribution is -2.46. The molecule has 1 aromatic heterocycles. The maximum atomic E-state index is 14.0. The number of hydrogen-bond donors (Lipinski definition) is 1. The summed E-state index contributed by atoms with van der Waals surface area (Å²) in [4.78, 5) is 14.0. The molecule has 1 aliphatic heterocycles. The number of fused-ring (bicyclic) bond motifs is 1. The Kier molecular flexibility index (Phi) is 5.12. The van der Waals surface area contributed by atoms with Crippen LogP contribution in [0, 0.1) is 23.0 Å². The predicted octanol–water partition coefficient (Wildman–Crippen LogP) is 3.68. The Bertz CT molecular complexity index is 1160. The zero-order valence-electron chi connectivity index (χ0n) is 17.0. The first-order chi connectivity index (χ1) is 15.1. The second kappa shape index (κ2) is 8.08. The summed E-state index contributed by atoms with van der Waals surface area (Å²) in [6, 6.07) is 11.7. The summed E-state index contributed by atoms with van der Waals surface area (Å²) in [5.74, 6) is 0.503. The monoisotopic (exact) mass is 420 g/mol. The van der Waals surface area contributed by atoms with Gasteiger partial charge in [0.05, 0.1) is 22.7 Å². The highest BCUT2D eigenvalue weighted by Gasteiger charge is 2.27. The number of piperazine rings is 1. The highest BCUT2D eigenvalue weighted by Crippen LogP contribution is 2.31. The Hall–Kier alpha value is -3.31. The van der Waals surface area contributed by atoms with Crippen molar-refractivity contribution in [3.63, 3.8) is 0 Å². The lowest BCUT2D eigenvalue weighted by atomic mass is 10.1. The summed E-state index contributed by atoms with van der Waals surface area (Å²) < 4.78 is 27.2. The number of nitriles is 1. The molecule has 0 bridgehead atoms. The molecule has 0 atom stereocenters. The first kappa shape index (κ1) is 19.6. The molecule has 5 rings (SSSR count). The van der Waals surface area contributed by atoms with E-state index in [1.807, 2.05) is 6.07 Å². The molecule has 0 unspecified atom stereocenters. The van der Waals surface area contributed by atoms with Gasteiger partial charge in [0, 0.05) is 50.4 Å². The van der Waals surface area contributed by atoms with E-state index in [9.17, 15) is 14.0 Å². The number of nitrogens with zero attached hydrogens (tertiary/aromatic N) is 5. The van der Waals surface area contributed by atoms with Crippen molar-refractivity contribution < 1.29 is 8.78 Å². The van der Waals surface area contributed by atoms with Crippen LogP contribution in [0.15, 0.2) is 36.4 Å². The molecule has 2 heterocycles. The van der Waals surface area contributed by atoms with E-state index >= 15 is 0 Å². The minimum Gasteiger partial charge on any atom is -0.364 e. The standard InChI is InChI=1S/C23H22F2N6/c24-17-3-2-16(19(25)12-17)14-30-7-9-31(10-8-30)23-22(27-18-4-5-18)28-20-6-1-15(13-26)11-21(20)29-23/h1-3,6,11-12,18H,4-5,7-10,14H2,(H,27,28). The van der Waals surface area contributed by atoms with Crippen LogP contribution in [0.2, 0.25) is 0 Å². The Labute approximate surface area is 179 Å². The van der Waals surface area contributed by atoms with Crippen LogP contribution in [0.4, 0.5) is 20.4 Å². The molecule has 1 N–H and O–H groups in total. The predicted molar refractivity (Wildman–Crippen MR) is 115 cm³/mol. The fraction of sp³-hybridized carbons (Fsp3) is 0.348. The van der Waals surface area contributed by atoms with Gasteiger partial charge in [-0.1, -0.05) is 6.07 Å². The Balaban J connectivity index is 1.35. The Morgan fingerprint density at radius 2 is 1.81 bits per heavy atom. The van der Waals surface area contributed by atoms with E-state index in [4.69, 9.17) is 9.97 Å². The largest absolute Gasteiger partial charge is 0.364 e. The third kappa shape index (κ3) is 4.28. The van der Waals surface area contributed by atoms with Gasteiger partial charge in [-0.3, -0.25) is 4.90 Å². The summed E-state index contributed by atoms with van der Waals surface area (Å²) >= 11 is 0. The van der Waals surface area contributed by atoms with E-state index in [2.05, 4.69) is 21.2 Å². The van der Waals surface area contributed by atoms with Crippen molar-refractivity contribution in [1.29, 1.82) is 5.26 Å². The number of hydrogen-bond acceptors (Lipinski definition) is 6. The van der Waals surface area contributed by atoms with Crippen LogP contribution < -0.4 is 10.2 Å². The van der Waals surface area contributed by atoms with Gasteiger partial charge in [0.1, 0.15) is 11.6 Å². The summed E-state index contributed by atoms with van der Waals surface area (Å²) in [6.07, 6.45) is 2.26. The second-order valence-corrected chi connectivity index (χ2v) is 8.13. The third-order valence-electron chi connectivity index (χ3n) is 5.77. The lowest BCUT2D eigenvalue weighted by Gasteiger charge is -2.36. The number of halogens is 2. The van der Waals surface area contributed by atoms with E-state index in [1.165, 1.54) is 12.1 Å². The van der Waals surface area contributed by atoms with Crippen LogP contribution in [0.5, 0.6) is 0 Å². The van der Waals surface area contributed by atoms with Crippen molar-refractivity contribution in [3.05, 3.63) is 59.2 Å². The highest BCUT2D eigenvalue weighted by molar-refractivity contribution is 5.82. The maximum absolute atomic E-state index is 14.0. The van der Waals surface area contributed by atoms with Gasteiger partial charge in [0.2, 0.25) is 0 Å². The number of aromatic nitrogens is 2. The molecule has 3 aromatic rings. The molecule has 6 nitrogen and oxygen atoms in total. The molecule has 158 valence electrons. The molecule has 1 saturated heterocycles. The van der Waals surface area contributed by atoms with Crippen LogP contribution in [0.1, 0.15) is 24.0 Å². The van der Waals surface area contributed by atoms with Crippen molar-refractivity contribution in [3.8, 4) is 6.07 Å². The van der Waals surface area contributed by atoms with E-state index < -0.39 is 11.6 Å². The molecule has 0 radical (unpaired) electrons. The van der Waals surface area contributed by atoms with Gasteiger partial charge >= 0.3 is 0 Å². The van der Waals surface area contributed by atoms with Gasteiger partial charge in [-0.15, -0.1) is 0 Å². The zero-order chi connectivity index (χ0) is 21.4. The number of anilines is 2. The molecular weight excluding hydrogens is 398 g/mol. The van der Waals surface area contributed by atoms with Crippen molar-refractivity contribution in [2.24, 2.45) is 0 Å². The van der Waals surface area contributed by atoms with Gasteiger partial charge in [-0.05, 0) is 37.1 Å². The Morgan fingerprint density at radius 1 is 1.00 bits per heavy atom. The fourth-order valence-corrected chi connectivity index (χ4v) is 3.86. The van der Waals surface area contributed by atoms with Crippen molar-refractivity contribution in [2.75, 3.05) is 36.4 Å². The fourth-order valence-electron chi connectivity index (χ4n) is 3.86.